The number of H-pyrrole nitrogens is 1. The molecule has 0 bridgehead atoms. The second-order valence-electron chi connectivity index (χ2n) is 4.36. The van der Waals surface area contributed by atoms with Crippen LogP contribution in [0.25, 0.3) is 11.0 Å². The average molecular weight is 247 g/mol. The van der Waals surface area contributed by atoms with Gasteiger partial charge in [0, 0.05) is 18.1 Å². The number of hydrogen-bond donors (Lipinski definition) is 1. The van der Waals surface area contributed by atoms with E-state index in [0.29, 0.717) is 0 Å². The van der Waals surface area contributed by atoms with Gasteiger partial charge in [-0.1, -0.05) is 13.8 Å². The highest BCUT2D eigenvalue weighted by Gasteiger charge is 2.07. The Bertz CT molecular complexity index is 503. The van der Waals surface area contributed by atoms with Gasteiger partial charge in [-0.3, -0.25) is 0 Å². The molecule has 0 fully saturated rings. The zero-order valence-electron chi connectivity index (χ0n) is 11.4. The van der Waals surface area contributed by atoms with Gasteiger partial charge in [-0.05, 0) is 31.1 Å². The molecule has 0 saturated heterocycles. The number of aromatic amines is 1. The molecule has 0 saturated carbocycles. The van der Waals surface area contributed by atoms with E-state index in [2.05, 4.69) is 41.0 Å². The highest BCUT2D eigenvalue weighted by Crippen LogP contribution is 2.21. The van der Waals surface area contributed by atoms with Crippen LogP contribution >= 0.6 is 0 Å². The van der Waals surface area contributed by atoms with Gasteiger partial charge < -0.3 is 14.6 Å². The molecule has 0 spiro atoms. The Morgan fingerprint density at radius 1 is 1.33 bits per heavy atom. The lowest BCUT2D eigenvalue weighted by atomic mass is 10.1. The van der Waals surface area contributed by atoms with E-state index in [0.717, 1.165) is 37.5 Å². The van der Waals surface area contributed by atoms with Gasteiger partial charge >= 0.3 is 0 Å². The predicted molar refractivity (Wildman–Crippen MR) is 74.1 cm³/mol. The van der Waals surface area contributed by atoms with Crippen molar-refractivity contribution in [2.24, 2.45) is 0 Å². The van der Waals surface area contributed by atoms with Gasteiger partial charge in [-0.15, -0.1) is 0 Å². The Hall–Kier alpha value is -1.55. The summed E-state index contributed by atoms with van der Waals surface area (Å²) < 4.78 is 5.23. The van der Waals surface area contributed by atoms with E-state index in [1.54, 1.807) is 13.3 Å². The maximum Gasteiger partial charge on any atom is 0.137 e. The van der Waals surface area contributed by atoms with E-state index >= 15 is 0 Å². The number of aromatic nitrogens is 2. The lowest BCUT2D eigenvalue weighted by Crippen LogP contribution is -2.25. The molecular formula is C14H21N3O. The molecule has 4 heteroatoms. The molecule has 2 aromatic rings. The van der Waals surface area contributed by atoms with Gasteiger partial charge in [0.2, 0.25) is 0 Å². The van der Waals surface area contributed by atoms with E-state index in [-0.39, 0.29) is 0 Å². The van der Waals surface area contributed by atoms with Crippen molar-refractivity contribution < 1.29 is 4.74 Å². The third kappa shape index (κ3) is 2.64. The minimum atomic E-state index is 0.811. The monoisotopic (exact) mass is 247 g/mol. The quantitative estimate of drug-likeness (QED) is 0.852. The minimum absolute atomic E-state index is 0.811. The summed E-state index contributed by atoms with van der Waals surface area (Å²) in [6.07, 6.45) is 4.84. The maximum absolute atomic E-state index is 5.23. The molecule has 0 amide bonds. The first-order valence-electron chi connectivity index (χ1n) is 6.50. The standard InChI is InChI=1S/C14H21N3O/c1-4-17(5-2)7-6-11-9-15-14-13(11)8-12(18-3)10-16-14/h8-10H,4-7H2,1-3H3,(H,15,16). The fourth-order valence-corrected chi connectivity index (χ4v) is 2.18. The number of rotatable bonds is 6. The van der Waals surface area contributed by atoms with Gasteiger partial charge in [-0.2, -0.15) is 0 Å². The zero-order valence-corrected chi connectivity index (χ0v) is 11.4. The van der Waals surface area contributed by atoms with E-state index in [4.69, 9.17) is 4.74 Å². The van der Waals surface area contributed by atoms with Crippen LogP contribution in [0.1, 0.15) is 19.4 Å². The summed E-state index contributed by atoms with van der Waals surface area (Å²) >= 11 is 0. The zero-order chi connectivity index (χ0) is 13.0. The molecule has 2 rings (SSSR count). The molecule has 0 atom stereocenters. The van der Waals surface area contributed by atoms with Crippen LogP contribution in [0.15, 0.2) is 18.5 Å². The topological polar surface area (TPSA) is 41.2 Å². The summed E-state index contributed by atoms with van der Waals surface area (Å²) in [6.45, 7) is 7.67. The number of likely N-dealkylation sites (N-methyl/N-ethyl adjacent to an activating group) is 1. The van der Waals surface area contributed by atoms with Crippen LogP contribution in [0.3, 0.4) is 0 Å². The predicted octanol–water partition coefficient (Wildman–Crippen LogP) is 2.46. The van der Waals surface area contributed by atoms with Crippen LogP contribution in [-0.2, 0) is 6.42 Å². The molecular weight excluding hydrogens is 226 g/mol. The fraction of sp³-hybridized carbons (Fsp3) is 0.500. The van der Waals surface area contributed by atoms with Crippen LogP contribution in [0.4, 0.5) is 0 Å². The molecule has 1 N–H and O–H groups in total. The smallest absolute Gasteiger partial charge is 0.137 e. The van der Waals surface area contributed by atoms with Crippen molar-refractivity contribution in [2.45, 2.75) is 20.3 Å². The van der Waals surface area contributed by atoms with Crippen molar-refractivity contribution in [3.63, 3.8) is 0 Å². The summed E-state index contributed by atoms with van der Waals surface area (Å²) in [5.74, 6) is 0.811. The second kappa shape index (κ2) is 5.87. The van der Waals surface area contributed by atoms with Crippen LogP contribution in [0.5, 0.6) is 5.75 Å². The van der Waals surface area contributed by atoms with Crippen molar-refractivity contribution in [2.75, 3.05) is 26.7 Å². The Kier molecular flexibility index (Phi) is 4.20. The third-order valence-corrected chi connectivity index (χ3v) is 3.42. The number of pyridine rings is 1. The van der Waals surface area contributed by atoms with E-state index in [1.807, 2.05) is 0 Å². The van der Waals surface area contributed by atoms with Crippen LogP contribution in [-0.4, -0.2) is 41.6 Å². The lowest BCUT2D eigenvalue weighted by molar-refractivity contribution is 0.308. The van der Waals surface area contributed by atoms with Crippen molar-refractivity contribution >= 4 is 11.0 Å². The van der Waals surface area contributed by atoms with Crippen molar-refractivity contribution in [3.05, 3.63) is 24.0 Å². The maximum atomic E-state index is 5.23. The summed E-state index contributed by atoms with van der Waals surface area (Å²) in [7, 11) is 1.67. The molecule has 98 valence electrons. The molecule has 0 aliphatic heterocycles. The number of fused-ring (bicyclic) bond motifs is 1. The molecule has 0 unspecified atom stereocenters. The molecule has 2 aromatic heterocycles. The SMILES string of the molecule is CCN(CC)CCc1c[nH]c2ncc(OC)cc12. The molecule has 0 aliphatic rings. The minimum Gasteiger partial charge on any atom is -0.495 e. The van der Waals surface area contributed by atoms with E-state index in [1.165, 1.54) is 10.9 Å². The van der Waals surface area contributed by atoms with Crippen molar-refractivity contribution in [3.8, 4) is 5.75 Å². The third-order valence-electron chi connectivity index (χ3n) is 3.42. The first-order chi connectivity index (χ1) is 8.78. The Morgan fingerprint density at radius 3 is 2.78 bits per heavy atom. The van der Waals surface area contributed by atoms with Gasteiger partial charge in [-0.25, -0.2) is 4.98 Å². The van der Waals surface area contributed by atoms with Gasteiger partial charge in [0.15, 0.2) is 0 Å². The van der Waals surface area contributed by atoms with Crippen LogP contribution < -0.4 is 4.74 Å². The Morgan fingerprint density at radius 2 is 2.11 bits per heavy atom. The Labute approximate surface area is 108 Å². The molecule has 0 aliphatic carbocycles. The molecule has 0 aromatic carbocycles. The number of hydrogen-bond acceptors (Lipinski definition) is 3. The first kappa shape index (κ1) is 12.9. The highest BCUT2D eigenvalue weighted by atomic mass is 16.5. The van der Waals surface area contributed by atoms with Gasteiger partial charge in [0.1, 0.15) is 11.4 Å². The number of ether oxygens (including phenoxy) is 1. The second-order valence-corrected chi connectivity index (χ2v) is 4.36. The number of nitrogens with one attached hydrogen (secondary N) is 1. The highest BCUT2D eigenvalue weighted by molar-refractivity contribution is 5.80. The number of nitrogens with zero attached hydrogens (tertiary/aromatic N) is 2. The fourth-order valence-electron chi connectivity index (χ4n) is 2.18. The van der Waals surface area contributed by atoms with Crippen molar-refractivity contribution in [1.29, 1.82) is 0 Å². The molecule has 4 nitrogen and oxygen atoms in total. The average Bonchev–Trinajstić information content (AvgIpc) is 2.82. The van der Waals surface area contributed by atoms with Crippen molar-refractivity contribution in [1.82, 2.24) is 14.9 Å². The largest absolute Gasteiger partial charge is 0.495 e. The lowest BCUT2D eigenvalue weighted by Gasteiger charge is -2.17. The van der Waals surface area contributed by atoms with Gasteiger partial charge in [0.25, 0.3) is 0 Å². The number of methoxy groups -OCH3 is 1. The Balaban J connectivity index is 2.17. The van der Waals surface area contributed by atoms with Gasteiger partial charge in [0.05, 0.1) is 13.3 Å². The molecule has 0 radical (unpaired) electrons. The van der Waals surface area contributed by atoms with E-state index < -0.39 is 0 Å². The van der Waals surface area contributed by atoms with Crippen LogP contribution in [0.2, 0.25) is 0 Å². The normalized spacial score (nSPS) is 11.3. The summed E-state index contributed by atoms with van der Waals surface area (Å²) in [5.41, 5.74) is 2.24. The summed E-state index contributed by atoms with van der Waals surface area (Å²) in [4.78, 5) is 9.98. The first-order valence-corrected chi connectivity index (χ1v) is 6.50. The molecule has 18 heavy (non-hydrogen) atoms. The summed E-state index contributed by atoms with van der Waals surface area (Å²) in [5, 5.41) is 1.17. The molecule has 2 heterocycles. The van der Waals surface area contributed by atoms with Crippen LogP contribution in [0, 0.1) is 0 Å². The summed E-state index contributed by atoms with van der Waals surface area (Å²) in [6, 6.07) is 2.05. The van der Waals surface area contributed by atoms with E-state index in [9.17, 15) is 0 Å².